The Morgan fingerprint density at radius 2 is 2.17 bits per heavy atom. The lowest BCUT2D eigenvalue weighted by atomic mass is 10.4. The molecule has 12 heavy (non-hydrogen) atoms. The number of halogens is 1. The van der Waals surface area contributed by atoms with Crippen molar-refractivity contribution in [3.63, 3.8) is 0 Å². The second-order valence-electron chi connectivity index (χ2n) is 2.46. The normalized spacial score (nSPS) is 11.9. The predicted molar refractivity (Wildman–Crippen MR) is 54.5 cm³/mol. The van der Waals surface area contributed by atoms with E-state index in [1.54, 1.807) is 6.07 Å². The lowest BCUT2D eigenvalue weighted by Crippen LogP contribution is -1.97. The molecule has 5 heteroatoms. The standard InChI is InChI=1S/C7H9BrO2S2/c1-3-5-6(12(2,9)10)4-7(8)11-5/h4H,3H2,1-2H3. The molecule has 0 unspecified atom stereocenters. The Morgan fingerprint density at radius 1 is 1.58 bits per heavy atom. The van der Waals surface area contributed by atoms with Crippen molar-refractivity contribution in [2.24, 2.45) is 0 Å². The first-order valence-electron chi connectivity index (χ1n) is 3.43. The van der Waals surface area contributed by atoms with Gasteiger partial charge in [0.05, 0.1) is 8.68 Å². The molecule has 2 nitrogen and oxygen atoms in total. The molecule has 0 fully saturated rings. The number of thiophene rings is 1. The molecular weight excluding hydrogens is 260 g/mol. The maximum Gasteiger partial charge on any atom is 0.176 e. The van der Waals surface area contributed by atoms with Gasteiger partial charge >= 0.3 is 0 Å². The van der Waals surface area contributed by atoms with Crippen molar-refractivity contribution in [3.8, 4) is 0 Å². The summed E-state index contributed by atoms with van der Waals surface area (Å²) < 4.78 is 23.3. The largest absolute Gasteiger partial charge is 0.224 e. The number of rotatable bonds is 2. The van der Waals surface area contributed by atoms with Crippen molar-refractivity contribution >= 4 is 37.1 Å². The first kappa shape index (κ1) is 10.2. The number of hydrogen-bond acceptors (Lipinski definition) is 3. The van der Waals surface area contributed by atoms with Crippen molar-refractivity contribution in [2.45, 2.75) is 18.2 Å². The fraction of sp³-hybridized carbons (Fsp3) is 0.429. The van der Waals surface area contributed by atoms with E-state index < -0.39 is 9.84 Å². The minimum atomic E-state index is -3.04. The minimum Gasteiger partial charge on any atom is -0.224 e. The van der Waals surface area contributed by atoms with Gasteiger partial charge in [-0.25, -0.2) is 8.42 Å². The highest BCUT2D eigenvalue weighted by molar-refractivity contribution is 9.11. The quantitative estimate of drug-likeness (QED) is 0.826. The fourth-order valence-corrected chi connectivity index (χ4v) is 4.17. The van der Waals surface area contributed by atoms with Crippen LogP contribution in [0.3, 0.4) is 0 Å². The molecule has 1 rings (SSSR count). The zero-order valence-corrected chi connectivity index (χ0v) is 10.0. The third-order valence-electron chi connectivity index (χ3n) is 1.46. The lowest BCUT2D eigenvalue weighted by Gasteiger charge is -1.95. The zero-order chi connectivity index (χ0) is 9.35. The van der Waals surface area contributed by atoms with Crippen LogP contribution in [0.25, 0.3) is 0 Å². The molecule has 0 saturated carbocycles. The summed E-state index contributed by atoms with van der Waals surface area (Å²) in [4.78, 5) is 1.38. The molecule has 1 aromatic heterocycles. The average molecular weight is 269 g/mol. The third-order valence-corrected chi connectivity index (χ3v) is 4.54. The van der Waals surface area contributed by atoms with Crippen molar-refractivity contribution in [2.75, 3.05) is 6.26 Å². The van der Waals surface area contributed by atoms with Crippen LogP contribution in [0, 0.1) is 0 Å². The Kier molecular flexibility index (Phi) is 2.96. The van der Waals surface area contributed by atoms with E-state index in [4.69, 9.17) is 0 Å². The third kappa shape index (κ3) is 2.08. The summed E-state index contributed by atoms with van der Waals surface area (Å²) in [7, 11) is -3.04. The lowest BCUT2D eigenvalue weighted by molar-refractivity contribution is 0.601. The van der Waals surface area contributed by atoms with Gasteiger partial charge in [0.2, 0.25) is 0 Å². The van der Waals surface area contributed by atoms with Gasteiger partial charge in [0.25, 0.3) is 0 Å². The molecule has 1 aromatic rings. The first-order chi connectivity index (χ1) is 5.45. The van der Waals surface area contributed by atoms with E-state index in [9.17, 15) is 8.42 Å². The van der Waals surface area contributed by atoms with Crippen LogP contribution in [0.1, 0.15) is 11.8 Å². The summed E-state index contributed by atoms with van der Waals surface area (Å²) in [5, 5.41) is 0. The van der Waals surface area contributed by atoms with Gasteiger partial charge in [-0.2, -0.15) is 0 Å². The van der Waals surface area contributed by atoms with Gasteiger partial charge in [0.15, 0.2) is 9.84 Å². The van der Waals surface area contributed by atoms with Crippen molar-refractivity contribution < 1.29 is 8.42 Å². The van der Waals surface area contributed by atoms with Gasteiger partial charge in [-0.15, -0.1) is 11.3 Å². The van der Waals surface area contributed by atoms with E-state index in [2.05, 4.69) is 15.9 Å². The van der Waals surface area contributed by atoms with E-state index in [1.165, 1.54) is 17.6 Å². The van der Waals surface area contributed by atoms with E-state index in [-0.39, 0.29) is 0 Å². The number of hydrogen-bond donors (Lipinski definition) is 0. The van der Waals surface area contributed by atoms with Crippen LogP contribution < -0.4 is 0 Å². The van der Waals surface area contributed by atoms with E-state index in [1.807, 2.05) is 6.92 Å². The highest BCUT2D eigenvalue weighted by Crippen LogP contribution is 2.30. The highest BCUT2D eigenvalue weighted by Gasteiger charge is 2.15. The molecule has 0 spiro atoms. The summed E-state index contributed by atoms with van der Waals surface area (Å²) in [6, 6.07) is 1.67. The van der Waals surface area contributed by atoms with Gasteiger partial charge in [-0.1, -0.05) is 6.92 Å². The van der Waals surface area contributed by atoms with Gasteiger partial charge in [0, 0.05) is 11.1 Å². The summed E-state index contributed by atoms with van der Waals surface area (Å²) in [6.07, 6.45) is 2.00. The van der Waals surface area contributed by atoms with Crippen molar-refractivity contribution in [3.05, 3.63) is 14.7 Å². The van der Waals surface area contributed by atoms with Crippen LogP contribution in [0.15, 0.2) is 14.7 Å². The molecule has 0 aromatic carbocycles. The van der Waals surface area contributed by atoms with E-state index in [0.717, 1.165) is 15.1 Å². The molecule has 0 aliphatic carbocycles. The Labute approximate surface area is 84.7 Å². The van der Waals surface area contributed by atoms with Crippen LogP contribution in [0.4, 0.5) is 0 Å². The maximum absolute atomic E-state index is 11.2. The van der Waals surface area contributed by atoms with Crippen LogP contribution in [0.2, 0.25) is 0 Å². The van der Waals surface area contributed by atoms with Gasteiger partial charge in [-0.05, 0) is 28.4 Å². The topological polar surface area (TPSA) is 34.1 Å². The zero-order valence-electron chi connectivity index (χ0n) is 6.80. The average Bonchev–Trinajstić information content (AvgIpc) is 2.29. The second-order valence-corrected chi connectivity index (χ2v) is 6.96. The van der Waals surface area contributed by atoms with Crippen molar-refractivity contribution in [1.29, 1.82) is 0 Å². The fourth-order valence-electron chi connectivity index (χ4n) is 0.941. The molecule has 68 valence electrons. The number of sulfone groups is 1. The monoisotopic (exact) mass is 268 g/mol. The maximum atomic E-state index is 11.2. The Bertz CT molecular complexity index is 378. The molecule has 0 aliphatic rings. The smallest absolute Gasteiger partial charge is 0.176 e. The van der Waals surface area contributed by atoms with Crippen LogP contribution in [-0.2, 0) is 16.3 Å². The molecule has 0 aliphatic heterocycles. The first-order valence-corrected chi connectivity index (χ1v) is 6.93. The molecule has 0 saturated heterocycles. The molecule has 1 heterocycles. The van der Waals surface area contributed by atoms with Crippen molar-refractivity contribution in [1.82, 2.24) is 0 Å². The molecule has 0 atom stereocenters. The summed E-state index contributed by atoms with van der Waals surface area (Å²) in [5.74, 6) is 0. The second kappa shape index (κ2) is 3.47. The molecule has 0 radical (unpaired) electrons. The highest BCUT2D eigenvalue weighted by atomic mass is 79.9. The number of aryl methyl sites for hydroxylation is 1. The van der Waals surface area contributed by atoms with Gasteiger partial charge in [0.1, 0.15) is 0 Å². The van der Waals surface area contributed by atoms with Crippen LogP contribution >= 0.6 is 27.3 Å². The Morgan fingerprint density at radius 3 is 2.50 bits per heavy atom. The Hall–Kier alpha value is 0.130. The summed E-state index contributed by atoms with van der Waals surface area (Å²) in [5.41, 5.74) is 0. The molecule has 0 N–H and O–H groups in total. The summed E-state index contributed by atoms with van der Waals surface area (Å²) in [6.45, 7) is 1.95. The van der Waals surface area contributed by atoms with Gasteiger partial charge < -0.3 is 0 Å². The Balaban J connectivity index is 3.33. The van der Waals surface area contributed by atoms with Gasteiger partial charge in [-0.3, -0.25) is 0 Å². The van der Waals surface area contributed by atoms with E-state index in [0.29, 0.717) is 4.90 Å². The predicted octanol–water partition coefficient (Wildman–Crippen LogP) is 2.48. The van der Waals surface area contributed by atoms with E-state index >= 15 is 0 Å². The SMILES string of the molecule is CCc1sc(Br)cc1S(C)(=O)=O. The summed E-state index contributed by atoms with van der Waals surface area (Å²) >= 11 is 4.75. The molecular formula is C7H9BrO2S2. The van der Waals surface area contributed by atoms with Crippen LogP contribution in [0.5, 0.6) is 0 Å². The molecule has 0 bridgehead atoms. The van der Waals surface area contributed by atoms with Crippen LogP contribution in [-0.4, -0.2) is 14.7 Å². The molecule has 0 amide bonds. The minimum absolute atomic E-state index is 0.460.